The maximum absolute atomic E-state index is 12.3. The van der Waals surface area contributed by atoms with E-state index in [4.69, 9.17) is 5.73 Å². The van der Waals surface area contributed by atoms with Gasteiger partial charge in [-0.05, 0) is 39.2 Å². The van der Waals surface area contributed by atoms with Crippen molar-refractivity contribution in [3.05, 3.63) is 12.2 Å². The van der Waals surface area contributed by atoms with E-state index in [1.807, 2.05) is 18.7 Å². The van der Waals surface area contributed by atoms with Crippen LogP contribution in [0.15, 0.2) is 12.2 Å². The number of rotatable bonds is 6. The third kappa shape index (κ3) is 4.96. The minimum Gasteiger partial charge on any atom is -0.338 e. The largest absolute Gasteiger partial charge is 0.338 e. The number of nitrogens with zero attached hydrogens (tertiary/aromatic N) is 2. The Morgan fingerprint density at radius 3 is 2.74 bits per heavy atom. The molecule has 2 unspecified atom stereocenters. The summed E-state index contributed by atoms with van der Waals surface area (Å²) >= 11 is 0. The Balaban J connectivity index is 2.56. The SMILES string of the molecule is C=C(C)CN(CC)C(=O)CN1CCC(C)CC1CN. The zero-order valence-electron chi connectivity index (χ0n) is 12.7. The minimum absolute atomic E-state index is 0.193. The highest BCUT2D eigenvalue weighted by Gasteiger charge is 2.27. The second kappa shape index (κ2) is 7.65. The van der Waals surface area contributed by atoms with Gasteiger partial charge in [-0.25, -0.2) is 0 Å². The van der Waals surface area contributed by atoms with E-state index in [0.29, 0.717) is 25.7 Å². The summed E-state index contributed by atoms with van der Waals surface area (Å²) in [5, 5.41) is 0. The Kier molecular flexibility index (Phi) is 6.52. The summed E-state index contributed by atoms with van der Waals surface area (Å²) in [6.45, 7) is 13.6. The van der Waals surface area contributed by atoms with Crippen LogP contribution >= 0.6 is 0 Å². The Bertz CT molecular complexity index is 317. The van der Waals surface area contributed by atoms with E-state index in [0.717, 1.165) is 37.4 Å². The molecule has 1 heterocycles. The molecule has 1 fully saturated rings. The van der Waals surface area contributed by atoms with E-state index in [2.05, 4.69) is 18.4 Å². The molecular weight excluding hydrogens is 238 g/mol. The third-order valence-corrected chi connectivity index (χ3v) is 3.91. The molecule has 2 atom stereocenters. The van der Waals surface area contributed by atoms with Crippen LogP contribution in [0.25, 0.3) is 0 Å². The van der Waals surface area contributed by atoms with E-state index in [1.165, 1.54) is 0 Å². The summed E-state index contributed by atoms with van der Waals surface area (Å²) in [5.41, 5.74) is 6.87. The van der Waals surface area contributed by atoms with Crippen LogP contribution in [0, 0.1) is 5.92 Å². The number of likely N-dealkylation sites (N-methyl/N-ethyl adjacent to an activating group) is 1. The molecule has 0 aliphatic carbocycles. The Morgan fingerprint density at radius 2 is 2.21 bits per heavy atom. The fourth-order valence-electron chi connectivity index (χ4n) is 2.73. The van der Waals surface area contributed by atoms with Gasteiger partial charge in [-0.3, -0.25) is 9.69 Å². The van der Waals surface area contributed by atoms with E-state index >= 15 is 0 Å². The van der Waals surface area contributed by atoms with Crippen LogP contribution in [0.5, 0.6) is 0 Å². The molecule has 1 saturated heterocycles. The summed E-state index contributed by atoms with van der Waals surface area (Å²) in [5.74, 6) is 0.913. The molecule has 0 spiro atoms. The standard InChI is InChI=1S/C15H29N3O/c1-5-17(10-12(2)3)15(19)11-18-7-6-13(4)8-14(18)9-16/h13-14H,2,5-11,16H2,1,3-4H3. The van der Waals surface area contributed by atoms with Crippen LogP contribution < -0.4 is 5.73 Å². The molecule has 1 aliphatic heterocycles. The lowest BCUT2D eigenvalue weighted by Crippen LogP contribution is -2.50. The number of carbonyl (C=O) groups excluding carboxylic acids is 1. The molecule has 0 aromatic rings. The van der Waals surface area contributed by atoms with Gasteiger partial charge in [0.1, 0.15) is 0 Å². The second-order valence-corrected chi connectivity index (χ2v) is 5.85. The molecule has 1 aliphatic rings. The molecule has 1 amide bonds. The second-order valence-electron chi connectivity index (χ2n) is 5.85. The van der Waals surface area contributed by atoms with Crippen LogP contribution in [-0.2, 0) is 4.79 Å². The molecular formula is C15H29N3O. The fraction of sp³-hybridized carbons (Fsp3) is 0.800. The monoisotopic (exact) mass is 267 g/mol. The molecule has 0 radical (unpaired) electrons. The number of amides is 1. The van der Waals surface area contributed by atoms with Gasteiger partial charge in [0.15, 0.2) is 0 Å². The highest BCUT2D eigenvalue weighted by Crippen LogP contribution is 2.21. The van der Waals surface area contributed by atoms with Gasteiger partial charge in [0.25, 0.3) is 0 Å². The predicted molar refractivity (Wildman–Crippen MR) is 79.9 cm³/mol. The fourth-order valence-corrected chi connectivity index (χ4v) is 2.73. The average Bonchev–Trinajstić information content (AvgIpc) is 2.37. The van der Waals surface area contributed by atoms with Crippen molar-refractivity contribution in [3.8, 4) is 0 Å². The lowest BCUT2D eigenvalue weighted by Gasteiger charge is -2.38. The summed E-state index contributed by atoms with van der Waals surface area (Å²) in [4.78, 5) is 16.4. The van der Waals surface area contributed by atoms with Gasteiger partial charge in [-0.15, -0.1) is 0 Å². The van der Waals surface area contributed by atoms with Crippen molar-refractivity contribution in [2.45, 2.75) is 39.7 Å². The topological polar surface area (TPSA) is 49.6 Å². The van der Waals surface area contributed by atoms with Gasteiger partial charge in [-0.2, -0.15) is 0 Å². The van der Waals surface area contributed by atoms with Gasteiger partial charge in [0.05, 0.1) is 6.54 Å². The molecule has 0 aromatic heterocycles. The van der Waals surface area contributed by atoms with Gasteiger partial charge in [-0.1, -0.05) is 19.1 Å². The highest BCUT2D eigenvalue weighted by atomic mass is 16.2. The van der Waals surface area contributed by atoms with Crippen molar-refractivity contribution in [2.75, 3.05) is 32.7 Å². The average molecular weight is 267 g/mol. The lowest BCUT2D eigenvalue weighted by molar-refractivity contribution is -0.132. The third-order valence-electron chi connectivity index (χ3n) is 3.91. The molecule has 1 rings (SSSR count). The number of piperidine rings is 1. The van der Waals surface area contributed by atoms with Crippen LogP contribution in [-0.4, -0.2) is 54.5 Å². The van der Waals surface area contributed by atoms with E-state index in [1.54, 1.807) is 0 Å². The van der Waals surface area contributed by atoms with Crippen LogP contribution in [0.3, 0.4) is 0 Å². The first-order chi connectivity index (χ1) is 8.97. The molecule has 0 bridgehead atoms. The quantitative estimate of drug-likeness (QED) is 0.741. The van der Waals surface area contributed by atoms with Gasteiger partial charge >= 0.3 is 0 Å². The summed E-state index contributed by atoms with van der Waals surface area (Å²) in [6, 6.07) is 0.358. The molecule has 110 valence electrons. The van der Waals surface area contributed by atoms with Gasteiger partial charge < -0.3 is 10.6 Å². The number of hydrogen-bond donors (Lipinski definition) is 1. The smallest absolute Gasteiger partial charge is 0.237 e. The van der Waals surface area contributed by atoms with Crippen molar-refractivity contribution in [2.24, 2.45) is 11.7 Å². The van der Waals surface area contributed by atoms with Crippen molar-refractivity contribution in [1.82, 2.24) is 9.80 Å². The number of carbonyl (C=O) groups is 1. The van der Waals surface area contributed by atoms with Crippen molar-refractivity contribution < 1.29 is 4.79 Å². The number of hydrogen-bond acceptors (Lipinski definition) is 3. The molecule has 4 nitrogen and oxygen atoms in total. The molecule has 0 aromatic carbocycles. The minimum atomic E-state index is 0.193. The first kappa shape index (κ1) is 16.2. The Morgan fingerprint density at radius 1 is 1.53 bits per heavy atom. The Hall–Kier alpha value is -0.870. The van der Waals surface area contributed by atoms with Gasteiger partial charge in [0.2, 0.25) is 5.91 Å². The zero-order valence-corrected chi connectivity index (χ0v) is 12.7. The molecule has 19 heavy (non-hydrogen) atoms. The molecule has 0 saturated carbocycles. The number of likely N-dealkylation sites (tertiary alicyclic amines) is 1. The summed E-state index contributed by atoms with van der Waals surface area (Å²) < 4.78 is 0. The van der Waals surface area contributed by atoms with Crippen LogP contribution in [0.4, 0.5) is 0 Å². The van der Waals surface area contributed by atoms with Crippen LogP contribution in [0.1, 0.15) is 33.6 Å². The van der Waals surface area contributed by atoms with E-state index < -0.39 is 0 Å². The van der Waals surface area contributed by atoms with Crippen LogP contribution in [0.2, 0.25) is 0 Å². The van der Waals surface area contributed by atoms with Crippen molar-refractivity contribution in [1.29, 1.82) is 0 Å². The Labute approximate surface area is 117 Å². The summed E-state index contributed by atoms with van der Waals surface area (Å²) in [7, 11) is 0. The van der Waals surface area contributed by atoms with Crippen molar-refractivity contribution in [3.63, 3.8) is 0 Å². The lowest BCUT2D eigenvalue weighted by atomic mass is 9.92. The maximum Gasteiger partial charge on any atom is 0.237 e. The first-order valence-corrected chi connectivity index (χ1v) is 7.34. The summed E-state index contributed by atoms with van der Waals surface area (Å²) in [6.07, 6.45) is 2.27. The zero-order chi connectivity index (χ0) is 14.4. The first-order valence-electron chi connectivity index (χ1n) is 7.34. The van der Waals surface area contributed by atoms with E-state index in [-0.39, 0.29) is 5.91 Å². The molecule has 2 N–H and O–H groups in total. The van der Waals surface area contributed by atoms with E-state index in [9.17, 15) is 4.79 Å². The molecule has 4 heteroatoms. The van der Waals surface area contributed by atoms with Gasteiger partial charge in [0, 0.05) is 25.7 Å². The normalized spacial score (nSPS) is 24.2. The predicted octanol–water partition coefficient (Wildman–Crippen LogP) is 1.47. The maximum atomic E-state index is 12.3. The highest BCUT2D eigenvalue weighted by molar-refractivity contribution is 5.78. The number of nitrogens with two attached hydrogens (primary N) is 1. The van der Waals surface area contributed by atoms with Crippen molar-refractivity contribution >= 4 is 5.91 Å².